The molecule has 0 bridgehead atoms. The van der Waals surface area contributed by atoms with Gasteiger partial charge in [-0.15, -0.1) is 0 Å². The molecule has 8 heteroatoms. The summed E-state index contributed by atoms with van der Waals surface area (Å²) in [7, 11) is 0. The quantitative estimate of drug-likeness (QED) is 0.784. The molecular formula is C16H16F3N3O2. The smallest absolute Gasteiger partial charge is 0.387 e. The number of nitrogens with zero attached hydrogens (tertiary/aromatic N) is 1. The third-order valence-electron chi connectivity index (χ3n) is 3.24. The normalized spacial score (nSPS) is 12.5. The van der Waals surface area contributed by atoms with Crippen molar-refractivity contribution in [3.05, 3.63) is 65.5 Å². The monoisotopic (exact) mass is 339 g/mol. The summed E-state index contributed by atoms with van der Waals surface area (Å²) < 4.78 is 38.7. The molecule has 1 aromatic carbocycles. The van der Waals surface area contributed by atoms with Crippen LogP contribution in [0.1, 0.15) is 22.9 Å². The number of aliphatic hydroxyl groups excluding tert-OH is 1. The molecule has 2 amide bonds. The van der Waals surface area contributed by atoms with Crippen molar-refractivity contribution in [2.24, 2.45) is 0 Å². The Morgan fingerprint density at radius 1 is 1.12 bits per heavy atom. The van der Waals surface area contributed by atoms with Crippen LogP contribution in [0.4, 0.5) is 18.0 Å². The van der Waals surface area contributed by atoms with Crippen molar-refractivity contribution in [1.82, 2.24) is 15.6 Å². The summed E-state index contributed by atoms with van der Waals surface area (Å²) in [6.45, 7) is -0.178. The minimum absolute atomic E-state index is 0.169. The molecule has 2 rings (SSSR count). The Labute approximate surface area is 136 Å². The van der Waals surface area contributed by atoms with Crippen molar-refractivity contribution in [2.75, 3.05) is 6.54 Å². The van der Waals surface area contributed by atoms with Crippen molar-refractivity contribution in [1.29, 1.82) is 0 Å². The van der Waals surface area contributed by atoms with Crippen LogP contribution >= 0.6 is 0 Å². The number of amides is 2. The third kappa shape index (κ3) is 4.95. The number of nitrogens with one attached hydrogen (secondary N) is 2. The molecule has 2 aromatic rings. The zero-order valence-corrected chi connectivity index (χ0v) is 12.5. The predicted molar refractivity (Wildman–Crippen MR) is 80.9 cm³/mol. The molecule has 1 aromatic heterocycles. The highest BCUT2D eigenvalue weighted by Crippen LogP contribution is 2.34. The van der Waals surface area contributed by atoms with E-state index in [0.717, 1.165) is 6.07 Å². The summed E-state index contributed by atoms with van der Waals surface area (Å²) in [5.74, 6) is 0. The number of hydrogen-bond acceptors (Lipinski definition) is 3. The average molecular weight is 339 g/mol. The summed E-state index contributed by atoms with van der Waals surface area (Å²) in [5, 5.41) is 14.8. The molecule has 1 atom stereocenters. The molecule has 1 heterocycles. The maximum atomic E-state index is 12.9. The van der Waals surface area contributed by atoms with Crippen LogP contribution in [0.3, 0.4) is 0 Å². The molecule has 0 aliphatic rings. The number of rotatable bonds is 5. The summed E-state index contributed by atoms with van der Waals surface area (Å²) in [6.07, 6.45) is -4.46. The highest BCUT2D eigenvalue weighted by molar-refractivity contribution is 5.73. The van der Waals surface area contributed by atoms with Crippen LogP contribution in [-0.4, -0.2) is 22.7 Å². The molecule has 24 heavy (non-hydrogen) atoms. The van der Waals surface area contributed by atoms with Gasteiger partial charge < -0.3 is 15.7 Å². The second kappa shape index (κ2) is 7.78. The van der Waals surface area contributed by atoms with Gasteiger partial charge in [-0.3, -0.25) is 4.98 Å². The summed E-state index contributed by atoms with van der Waals surface area (Å²) >= 11 is 0. The maximum Gasteiger partial charge on any atom is 0.416 e. The van der Waals surface area contributed by atoms with E-state index in [1.165, 1.54) is 18.2 Å². The number of carbonyl (C=O) groups is 1. The summed E-state index contributed by atoms with van der Waals surface area (Å²) in [4.78, 5) is 15.7. The molecule has 0 fully saturated rings. The number of aromatic nitrogens is 1. The van der Waals surface area contributed by atoms with Crippen LogP contribution in [-0.2, 0) is 12.7 Å². The van der Waals surface area contributed by atoms with E-state index in [2.05, 4.69) is 15.6 Å². The molecule has 0 aliphatic carbocycles. The van der Waals surface area contributed by atoms with Gasteiger partial charge >= 0.3 is 12.2 Å². The van der Waals surface area contributed by atoms with Gasteiger partial charge in [0.1, 0.15) is 0 Å². The van der Waals surface area contributed by atoms with Crippen LogP contribution in [0.2, 0.25) is 0 Å². The van der Waals surface area contributed by atoms with E-state index in [9.17, 15) is 23.1 Å². The number of hydrogen-bond donors (Lipinski definition) is 3. The van der Waals surface area contributed by atoms with E-state index >= 15 is 0 Å². The zero-order valence-electron chi connectivity index (χ0n) is 12.5. The van der Waals surface area contributed by atoms with Gasteiger partial charge in [0.2, 0.25) is 0 Å². The number of urea groups is 1. The van der Waals surface area contributed by atoms with Gasteiger partial charge in [0.15, 0.2) is 0 Å². The number of aliphatic hydroxyl groups is 1. The highest BCUT2D eigenvalue weighted by atomic mass is 19.4. The van der Waals surface area contributed by atoms with Crippen molar-refractivity contribution in [3.63, 3.8) is 0 Å². The molecule has 5 nitrogen and oxygen atoms in total. The number of carbonyl (C=O) groups excluding carboxylic acids is 1. The first-order chi connectivity index (χ1) is 11.4. The number of benzene rings is 1. The standard InChI is InChI=1S/C16H16F3N3O2/c17-16(18,19)13-7-2-1-6-12(13)14(23)10-22-15(24)21-9-11-5-3-4-8-20-11/h1-8,14,23H,9-10H2,(H2,21,22,24)/t14-/m1/s1. The Morgan fingerprint density at radius 2 is 1.83 bits per heavy atom. The van der Waals surface area contributed by atoms with Crippen molar-refractivity contribution in [3.8, 4) is 0 Å². The fourth-order valence-electron chi connectivity index (χ4n) is 2.08. The molecule has 0 unspecified atom stereocenters. The molecule has 0 saturated carbocycles. The second-order valence-corrected chi connectivity index (χ2v) is 4.99. The number of halogens is 3. The Morgan fingerprint density at radius 3 is 2.50 bits per heavy atom. The number of alkyl halides is 3. The van der Waals surface area contributed by atoms with E-state index in [4.69, 9.17) is 0 Å². The van der Waals surface area contributed by atoms with Crippen LogP contribution in [0.25, 0.3) is 0 Å². The lowest BCUT2D eigenvalue weighted by atomic mass is 10.0. The maximum absolute atomic E-state index is 12.9. The van der Waals surface area contributed by atoms with Crippen LogP contribution in [0.15, 0.2) is 48.7 Å². The highest BCUT2D eigenvalue weighted by Gasteiger charge is 2.34. The van der Waals surface area contributed by atoms with E-state index in [-0.39, 0.29) is 18.7 Å². The van der Waals surface area contributed by atoms with Crippen molar-refractivity contribution in [2.45, 2.75) is 18.8 Å². The van der Waals surface area contributed by atoms with Gasteiger partial charge in [0.05, 0.1) is 23.9 Å². The first-order valence-electron chi connectivity index (χ1n) is 7.13. The van der Waals surface area contributed by atoms with Crippen LogP contribution < -0.4 is 10.6 Å². The van der Waals surface area contributed by atoms with Gasteiger partial charge in [0, 0.05) is 12.7 Å². The second-order valence-electron chi connectivity index (χ2n) is 4.99. The average Bonchev–Trinajstić information content (AvgIpc) is 2.58. The van der Waals surface area contributed by atoms with E-state index < -0.39 is 23.9 Å². The summed E-state index contributed by atoms with van der Waals surface area (Å²) in [5.41, 5.74) is -0.571. The Bertz CT molecular complexity index is 678. The molecule has 3 N–H and O–H groups in total. The van der Waals surface area contributed by atoms with Crippen molar-refractivity contribution >= 4 is 6.03 Å². The van der Waals surface area contributed by atoms with E-state index in [1.807, 2.05) is 0 Å². The largest absolute Gasteiger partial charge is 0.416 e. The van der Waals surface area contributed by atoms with Gasteiger partial charge in [-0.1, -0.05) is 24.3 Å². The zero-order chi connectivity index (χ0) is 17.6. The third-order valence-corrected chi connectivity index (χ3v) is 3.24. The van der Waals surface area contributed by atoms with Crippen molar-refractivity contribution < 1.29 is 23.1 Å². The molecule has 0 spiro atoms. The first kappa shape index (κ1) is 17.7. The molecule has 0 aliphatic heterocycles. The van der Waals surface area contributed by atoms with Gasteiger partial charge in [0.25, 0.3) is 0 Å². The fourth-order valence-corrected chi connectivity index (χ4v) is 2.08. The lowest BCUT2D eigenvalue weighted by molar-refractivity contribution is -0.139. The Balaban J connectivity index is 1.89. The Hall–Kier alpha value is -2.61. The predicted octanol–water partition coefficient (Wildman–Crippen LogP) is 2.63. The van der Waals surface area contributed by atoms with Crippen LogP contribution in [0, 0.1) is 0 Å². The molecule has 0 saturated heterocycles. The van der Waals surface area contributed by atoms with Gasteiger partial charge in [-0.2, -0.15) is 13.2 Å². The topological polar surface area (TPSA) is 74.2 Å². The molecule has 0 radical (unpaired) electrons. The minimum atomic E-state index is -4.57. The lowest BCUT2D eigenvalue weighted by Crippen LogP contribution is -2.37. The Kier molecular flexibility index (Phi) is 5.75. The molecular weight excluding hydrogens is 323 g/mol. The van der Waals surface area contributed by atoms with Gasteiger partial charge in [-0.25, -0.2) is 4.79 Å². The fraction of sp³-hybridized carbons (Fsp3) is 0.250. The SMILES string of the molecule is O=C(NCc1ccccn1)NC[C@@H](O)c1ccccc1C(F)(F)F. The first-order valence-corrected chi connectivity index (χ1v) is 7.13. The lowest BCUT2D eigenvalue weighted by Gasteiger charge is -2.18. The van der Waals surface area contributed by atoms with E-state index in [0.29, 0.717) is 5.69 Å². The van der Waals surface area contributed by atoms with E-state index in [1.54, 1.807) is 24.4 Å². The number of pyridine rings is 1. The van der Waals surface area contributed by atoms with Gasteiger partial charge in [-0.05, 0) is 23.8 Å². The molecule has 128 valence electrons. The van der Waals surface area contributed by atoms with Crippen LogP contribution in [0.5, 0.6) is 0 Å². The minimum Gasteiger partial charge on any atom is -0.387 e. The summed E-state index contributed by atoms with van der Waals surface area (Å²) in [6, 6.07) is 9.32.